The Kier molecular flexibility index (Phi) is 4.52. The van der Waals surface area contributed by atoms with E-state index in [2.05, 4.69) is 5.32 Å². The Morgan fingerprint density at radius 1 is 1.31 bits per heavy atom. The van der Waals surface area contributed by atoms with E-state index in [0.29, 0.717) is 19.4 Å². The third-order valence-electron chi connectivity index (χ3n) is 2.96. The van der Waals surface area contributed by atoms with Crippen LogP contribution in [0.3, 0.4) is 0 Å². The lowest BCUT2D eigenvalue weighted by molar-refractivity contribution is -0.146. The van der Waals surface area contributed by atoms with E-state index in [1.165, 1.54) is 0 Å². The van der Waals surface area contributed by atoms with Gasteiger partial charge in [0, 0.05) is 6.54 Å². The molecule has 1 rings (SSSR count). The van der Waals surface area contributed by atoms with Gasteiger partial charge in [0.15, 0.2) is 0 Å². The van der Waals surface area contributed by atoms with Crippen molar-refractivity contribution in [1.82, 2.24) is 5.32 Å². The van der Waals surface area contributed by atoms with Crippen LogP contribution in [0.5, 0.6) is 0 Å². The van der Waals surface area contributed by atoms with E-state index >= 15 is 0 Å². The summed E-state index contributed by atoms with van der Waals surface area (Å²) in [5.41, 5.74) is 1.14. The molecule has 1 aliphatic rings. The number of amides is 1. The largest absolute Gasteiger partial charge is 0.481 e. The van der Waals surface area contributed by atoms with Gasteiger partial charge in [-0.2, -0.15) is 0 Å². The molecule has 1 amide bonds. The Bertz CT molecular complexity index is 305. The molecule has 16 heavy (non-hydrogen) atoms. The average molecular weight is 225 g/mol. The summed E-state index contributed by atoms with van der Waals surface area (Å²) in [7, 11) is 0. The molecule has 0 aromatic rings. The van der Waals surface area contributed by atoms with Gasteiger partial charge in [-0.15, -0.1) is 0 Å². The van der Waals surface area contributed by atoms with Crippen molar-refractivity contribution in [2.75, 3.05) is 6.54 Å². The number of carbonyl (C=O) groups is 2. The van der Waals surface area contributed by atoms with Gasteiger partial charge in [-0.3, -0.25) is 9.59 Å². The number of carboxylic acid groups (broad SMARTS) is 1. The van der Waals surface area contributed by atoms with Crippen molar-refractivity contribution in [2.45, 2.75) is 33.1 Å². The van der Waals surface area contributed by atoms with Crippen LogP contribution in [-0.2, 0) is 9.59 Å². The van der Waals surface area contributed by atoms with Crippen LogP contribution in [0.2, 0.25) is 0 Å². The molecule has 0 aliphatic heterocycles. The summed E-state index contributed by atoms with van der Waals surface area (Å²) in [5, 5.41) is 11.7. The van der Waals surface area contributed by atoms with Gasteiger partial charge in [0.05, 0.1) is 11.8 Å². The Hall–Kier alpha value is -1.32. The maximum Gasteiger partial charge on any atom is 0.307 e. The number of rotatable bonds is 4. The minimum atomic E-state index is -0.847. The highest BCUT2D eigenvalue weighted by Crippen LogP contribution is 2.31. The van der Waals surface area contributed by atoms with E-state index in [9.17, 15) is 9.59 Å². The smallest absolute Gasteiger partial charge is 0.307 e. The summed E-state index contributed by atoms with van der Waals surface area (Å²) in [6.07, 6.45) is 4.06. The van der Waals surface area contributed by atoms with Crippen LogP contribution >= 0.6 is 0 Å². The molecule has 1 fully saturated rings. The molecule has 2 N–H and O–H groups in total. The zero-order valence-electron chi connectivity index (χ0n) is 9.82. The Labute approximate surface area is 95.7 Å². The lowest BCUT2D eigenvalue weighted by Gasteiger charge is -2.14. The number of nitrogens with one attached hydrogen (secondary N) is 1. The topological polar surface area (TPSA) is 66.4 Å². The lowest BCUT2D eigenvalue weighted by Crippen LogP contribution is -2.35. The van der Waals surface area contributed by atoms with Crippen molar-refractivity contribution in [3.8, 4) is 0 Å². The van der Waals surface area contributed by atoms with E-state index in [4.69, 9.17) is 5.11 Å². The molecule has 0 aromatic heterocycles. The van der Waals surface area contributed by atoms with E-state index in [1.54, 1.807) is 0 Å². The van der Waals surface area contributed by atoms with Gasteiger partial charge in [0.2, 0.25) is 5.91 Å². The average Bonchev–Trinajstić information content (AvgIpc) is 2.65. The van der Waals surface area contributed by atoms with Gasteiger partial charge in [-0.1, -0.05) is 18.1 Å². The molecule has 0 spiro atoms. The zero-order valence-corrected chi connectivity index (χ0v) is 9.82. The van der Waals surface area contributed by atoms with Gasteiger partial charge < -0.3 is 10.4 Å². The van der Waals surface area contributed by atoms with Crippen LogP contribution in [0.25, 0.3) is 0 Å². The SMILES string of the molecule is CC(C)=CCNC(=O)[C@@H]1CCC[C@@H]1C(=O)O. The first-order valence-corrected chi connectivity index (χ1v) is 5.66. The van der Waals surface area contributed by atoms with Crippen molar-refractivity contribution >= 4 is 11.9 Å². The standard InChI is InChI=1S/C12H19NO3/c1-8(2)6-7-13-11(14)9-4-3-5-10(9)12(15)16/h6,9-10H,3-5,7H2,1-2H3,(H,13,14)(H,15,16)/t9-,10+/m1/s1. The van der Waals surface area contributed by atoms with Crippen LogP contribution in [0, 0.1) is 11.8 Å². The van der Waals surface area contributed by atoms with E-state index < -0.39 is 11.9 Å². The maximum atomic E-state index is 11.7. The second-order valence-corrected chi connectivity index (χ2v) is 4.51. The van der Waals surface area contributed by atoms with Crippen molar-refractivity contribution in [1.29, 1.82) is 0 Å². The van der Waals surface area contributed by atoms with E-state index in [1.807, 2.05) is 19.9 Å². The fourth-order valence-electron chi connectivity index (χ4n) is 2.06. The summed E-state index contributed by atoms with van der Waals surface area (Å²) in [6.45, 7) is 4.41. The highest BCUT2D eigenvalue weighted by Gasteiger charge is 2.37. The first kappa shape index (κ1) is 12.7. The lowest BCUT2D eigenvalue weighted by atomic mass is 9.95. The predicted octanol–water partition coefficient (Wildman–Crippen LogP) is 1.57. The molecule has 0 unspecified atom stereocenters. The van der Waals surface area contributed by atoms with E-state index in [0.717, 1.165) is 12.0 Å². The molecule has 4 heteroatoms. The molecule has 0 saturated heterocycles. The van der Waals surface area contributed by atoms with Crippen LogP contribution in [0.15, 0.2) is 11.6 Å². The maximum absolute atomic E-state index is 11.7. The molecular weight excluding hydrogens is 206 g/mol. The van der Waals surface area contributed by atoms with Crippen LogP contribution < -0.4 is 5.32 Å². The van der Waals surface area contributed by atoms with Crippen LogP contribution in [0.4, 0.5) is 0 Å². The molecule has 2 atom stereocenters. The van der Waals surface area contributed by atoms with Crippen molar-refractivity contribution in [3.63, 3.8) is 0 Å². The molecule has 1 aliphatic carbocycles. The molecule has 0 aromatic carbocycles. The molecule has 0 heterocycles. The van der Waals surface area contributed by atoms with Crippen molar-refractivity contribution in [2.24, 2.45) is 11.8 Å². The number of aliphatic carboxylic acids is 1. The van der Waals surface area contributed by atoms with E-state index in [-0.39, 0.29) is 11.8 Å². The third-order valence-corrected chi connectivity index (χ3v) is 2.96. The predicted molar refractivity (Wildman–Crippen MR) is 60.9 cm³/mol. The third kappa shape index (κ3) is 3.36. The van der Waals surface area contributed by atoms with Crippen molar-refractivity contribution < 1.29 is 14.7 Å². The normalized spacial score (nSPS) is 23.9. The van der Waals surface area contributed by atoms with Crippen LogP contribution in [0.1, 0.15) is 33.1 Å². The van der Waals surface area contributed by atoms with Crippen molar-refractivity contribution in [3.05, 3.63) is 11.6 Å². The minimum absolute atomic E-state index is 0.123. The summed E-state index contributed by atoms with van der Waals surface area (Å²) < 4.78 is 0. The number of carboxylic acids is 1. The molecule has 0 radical (unpaired) electrons. The number of allylic oxidation sites excluding steroid dienone is 1. The molecule has 90 valence electrons. The number of hydrogen-bond donors (Lipinski definition) is 2. The minimum Gasteiger partial charge on any atom is -0.481 e. The fraction of sp³-hybridized carbons (Fsp3) is 0.667. The summed E-state index contributed by atoms with van der Waals surface area (Å²) in [4.78, 5) is 22.6. The summed E-state index contributed by atoms with van der Waals surface area (Å²) in [5.74, 6) is -1.81. The van der Waals surface area contributed by atoms with Gasteiger partial charge in [-0.25, -0.2) is 0 Å². The Morgan fingerprint density at radius 2 is 1.94 bits per heavy atom. The molecule has 0 bridgehead atoms. The fourth-order valence-corrected chi connectivity index (χ4v) is 2.06. The number of hydrogen-bond acceptors (Lipinski definition) is 2. The quantitative estimate of drug-likeness (QED) is 0.714. The molecule has 4 nitrogen and oxygen atoms in total. The monoisotopic (exact) mass is 225 g/mol. The summed E-state index contributed by atoms with van der Waals surface area (Å²) >= 11 is 0. The summed E-state index contributed by atoms with van der Waals surface area (Å²) in [6, 6.07) is 0. The van der Waals surface area contributed by atoms with Gasteiger partial charge in [0.1, 0.15) is 0 Å². The Balaban J connectivity index is 2.47. The second-order valence-electron chi connectivity index (χ2n) is 4.51. The van der Waals surface area contributed by atoms with Gasteiger partial charge in [0.25, 0.3) is 0 Å². The zero-order chi connectivity index (χ0) is 12.1. The Morgan fingerprint density at radius 3 is 2.50 bits per heavy atom. The van der Waals surface area contributed by atoms with Crippen LogP contribution in [-0.4, -0.2) is 23.5 Å². The molecule has 1 saturated carbocycles. The first-order chi connectivity index (χ1) is 7.52. The first-order valence-electron chi connectivity index (χ1n) is 5.66. The highest BCUT2D eigenvalue weighted by molar-refractivity contribution is 5.85. The molecular formula is C12H19NO3. The van der Waals surface area contributed by atoms with Gasteiger partial charge >= 0.3 is 5.97 Å². The number of carbonyl (C=O) groups excluding carboxylic acids is 1. The highest BCUT2D eigenvalue weighted by atomic mass is 16.4. The second kappa shape index (κ2) is 5.68. The van der Waals surface area contributed by atoms with Gasteiger partial charge in [-0.05, 0) is 26.7 Å².